The van der Waals surface area contributed by atoms with E-state index in [1.54, 1.807) is 0 Å². The van der Waals surface area contributed by atoms with Crippen molar-refractivity contribution in [2.45, 2.75) is 51.7 Å². The van der Waals surface area contributed by atoms with Crippen molar-refractivity contribution in [3.05, 3.63) is 65.0 Å². The molecule has 0 bridgehead atoms. The number of halogens is 1. The van der Waals surface area contributed by atoms with Crippen LogP contribution in [-0.4, -0.2) is 41.2 Å². The molecule has 3 rings (SSSR count). The van der Waals surface area contributed by atoms with Crippen LogP contribution in [0.3, 0.4) is 0 Å². The molecule has 0 aromatic heterocycles. The number of imide groups is 1. The minimum Gasteiger partial charge on any atom is -0.491 e. The van der Waals surface area contributed by atoms with Gasteiger partial charge < -0.3 is 15.2 Å². The summed E-state index contributed by atoms with van der Waals surface area (Å²) in [6.07, 6.45) is 0.880. The quantitative estimate of drug-likeness (QED) is 0.595. The summed E-state index contributed by atoms with van der Waals surface area (Å²) >= 11 is 0. The standard InChI is InChI=1S/C24H29FN2O4/c1-4-5-12-24(18-7-9-19(25)10-8-18)22(29)27(23(30)26-24)14-20(28)15-31-21-11-6-16(2)13-17(21)3/h6-11,13,20,28H,4-5,12,14-15H2,1-3H3,(H,26,30). The fourth-order valence-corrected chi connectivity index (χ4v) is 3.89. The molecule has 1 fully saturated rings. The maximum Gasteiger partial charge on any atom is 0.325 e. The molecule has 166 valence electrons. The summed E-state index contributed by atoms with van der Waals surface area (Å²) in [4.78, 5) is 27.0. The summed E-state index contributed by atoms with van der Waals surface area (Å²) in [5.41, 5.74) is 1.32. The van der Waals surface area contributed by atoms with Gasteiger partial charge in [0.05, 0.1) is 6.54 Å². The Morgan fingerprint density at radius 2 is 1.87 bits per heavy atom. The molecule has 6 nitrogen and oxygen atoms in total. The van der Waals surface area contributed by atoms with E-state index in [-0.39, 0.29) is 13.2 Å². The second-order valence-corrected chi connectivity index (χ2v) is 8.10. The van der Waals surface area contributed by atoms with Crippen LogP contribution in [0.15, 0.2) is 42.5 Å². The Morgan fingerprint density at radius 1 is 1.16 bits per heavy atom. The van der Waals surface area contributed by atoms with Gasteiger partial charge in [-0.15, -0.1) is 0 Å². The van der Waals surface area contributed by atoms with E-state index >= 15 is 0 Å². The molecule has 7 heteroatoms. The van der Waals surface area contributed by atoms with Crippen molar-refractivity contribution >= 4 is 11.9 Å². The zero-order chi connectivity index (χ0) is 22.6. The van der Waals surface area contributed by atoms with Gasteiger partial charge in [-0.25, -0.2) is 9.18 Å². The normalized spacial score (nSPS) is 19.5. The van der Waals surface area contributed by atoms with Gasteiger partial charge in [-0.1, -0.05) is 49.6 Å². The summed E-state index contributed by atoms with van der Waals surface area (Å²) < 4.78 is 19.1. The molecule has 1 aliphatic rings. The third-order valence-electron chi connectivity index (χ3n) is 5.57. The lowest BCUT2D eigenvalue weighted by atomic mass is 9.84. The SMILES string of the molecule is CCCCC1(c2ccc(F)cc2)NC(=O)N(CC(O)COc2ccc(C)cc2C)C1=O. The first kappa shape index (κ1) is 22.7. The Bertz CT molecular complexity index is 947. The zero-order valence-corrected chi connectivity index (χ0v) is 18.2. The van der Waals surface area contributed by atoms with E-state index in [0.29, 0.717) is 24.2 Å². The average Bonchev–Trinajstić information content (AvgIpc) is 2.97. The molecular weight excluding hydrogens is 399 g/mol. The van der Waals surface area contributed by atoms with Crippen molar-refractivity contribution in [2.24, 2.45) is 0 Å². The number of nitrogens with one attached hydrogen (secondary N) is 1. The minimum absolute atomic E-state index is 0.0561. The summed E-state index contributed by atoms with van der Waals surface area (Å²) in [5, 5.41) is 13.3. The van der Waals surface area contributed by atoms with Crippen LogP contribution in [0.25, 0.3) is 0 Å². The lowest BCUT2D eigenvalue weighted by molar-refractivity contribution is -0.133. The van der Waals surface area contributed by atoms with E-state index in [2.05, 4.69) is 5.32 Å². The Balaban J connectivity index is 1.73. The second-order valence-electron chi connectivity index (χ2n) is 8.10. The van der Waals surface area contributed by atoms with Gasteiger partial charge in [0.1, 0.15) is 29.8 Å². The predicted octanol–water partition coefficient (Wildman–Crippen LogP) is 3.82. The molecule has 1 aliphatic heterocycles. The van der Waals surface area contributed by atoms with Crippen LogP contribution in [0, 0.1) is 19.7 Å². The summed E-state index contributed by atoms with van der Waals surface area (Å²) in [6, 6.07) is 10.7. The Morgan fingerprint density at radius 3 is 2.52 bits per heavy atom. The van der Waals surface area contributed by atoms with Crippen molar-refractivity contribution in [1.82, 2.24) is 10.2 Å². The number of ether oxygens (including phenoxy) is 1. The van der Waals surface area contributed by atoms with E-state index in [9.17, 15) is 19.1 Å². The first-order valence-corrected chi connectivity index (χ1v) is 10.5. The van der Waals surface area contributed by atoms with Gasteiger partial charge in [0, 0.05) is 0 Å². The number of amides is 3. The third kappa shape index (κ3) is 4.88. The van der Waals surface area contributed by atoms with Gasteiger partial charge in [0.15, 0.2) is 0 Å². The summed E-state index contributed by atoms with van der Waals surface area (Å²) in [5.74, 6) is -0.212. The van der Waals surface area contributed by atoms with Crippen molar-refractivity contribution in [1.29, 1.82) is 0 Å². The number of rotatable bonds is 9. The summed E-state index contributed by atoms with van der Waals surface area (Å²) in [6.45, 7) is 5.64. The highest BCUT2D eigenvalue weighted by Gasteiger charge is 2.52. The molecule has 0 saturated carbocycles. The Labute approximate surface area is 182 Å². The fourth-order valence-electron chi connectivity index (χ4n) is 3.89. The van der Waals surface area contributed by atoms with E-state index in [4.69, 9.17) is 4.74 Å². The zero-order valence-electron chi connectivity index (χ0n) is 18.2. The van der Waals surface area contributed by atoms with Crippen LogP contribution < -0.4 is 10.1 Å². The smallest absolute Gasteiger partial charge is 0.325 e. The molecule has 1 heterocycles. The van der Waals surface area contributed by atoms with E-state index in [1.807, 2.05) is 39.0 Å². The third-order valence-corrected chi connectivity index (χ3v) is 5.57. The first-order valence-electron chi connectivity index (χ1n) is 10.5. The topological polar surface area (TPSA) is 78.9 Å². The van der Waals surface area contributed by atoms with Crippen molar-refractivity contribution in [2.75, 3.05) is 13.2 Å². The number of hydrogen-bond donors (Lipinski definition) is 2. The fraction of sp³-hybridized carbons (Fsp3) is 0.417. The Kier molecular flexibility index (Phi) is 6.95. The minimum atomic E-state index is -1.26. The van der Waals surface area contributed by atoms with Gasteiger partial charge in [0.25, 0.3) is 5.91 Å². The van der Waals surface area contributed by atoms with E-state index < -0.39 is 29.4 Å². The van der Waals surface area contributed by atoms with E-state index in [1.165, 1.54) is 24.3 Å². The molecule has 0 spiro atoms. The highest BCUT2D eigenvalue weighted by Crippen LogP contribution is 2.34. The molecule has 0 aliphatic carbocycles. The number of benzene rings is 2. The molecule has 31 heavy (non-hydrogen) atoms. The number of aliphatic hydroxyl groups is 1. The molecule has 0 radical (unpaired) electrons. The van der Waals surface area contributed by atoms with Crippen LogP contribution in [0.1, 0.15) is 42.9 Å². The molecule has 2 aromatic rings. The highest BCUT2D eigenvalue weighted by molar-refractivity contribution is 6.07. The van der Waals surface area contributed by atoms with Gasteiger partial charge in [-0.3, -0.25) is 9.69 Å². The van der Waals surface area contributed by atoms with Gasteiger partial charge >= 0.3 is 6.03 Å². The summed E-state index contributed by atoms with van der Waals surface area (Å²) in [7, 11) is 0. The molecule has 2 unspecified atom stereocenters. The van der Waals surface area contributed by atoms with Crippen molar-refractivity contribution in [3.8, 4) is 5.75 Å². The number of carbonyl (C=O) groups is 2. The number of unbranched alkanes of at least 4 members (excludes halogenated alkanes) is 1. The highest BCUT2D eigenvalue weighted by atomic mass is 19.1. The number of aryl methyl sites for hydroxylation is 2. The molecule has 1 saturated heterocycles. The number of urea groups is 1. The van der Waals surface area contributed by atoms with Crippen LogP contribution in [0.2, 0.25) is 0 Å². The molecule has 2 atom stereocenters. The maximum atomic E-state index is 13.4. The predicted molar refractivity (Wildman–Crippen MR) is 115 cm³/mol. The lowest BCUT2D eigenvalue weighted by Crippen LogP contribution is -2.45. The number of nitrogens with zero attached hydrogens (tertiary/aromatic N) is 1. The molecule has 3 amide bonds. The maximum absolute atomic E-state index is 13.4. The van der Waals surface area contributed by atoms with Crippen LogP contribution in [0.5, 0.6) is 5.75 Å². The molecule has 2 N–H and O–H groups in total. The largest absolute Gasteiger partial charge is 0.491 e. The number of carbonyl (C=O) groups excluding carboxylic acids is 2. The second kappa shape index (κ2) is 9.47. The van der Waals surface area contributed by atoms with Gasteiger partial charge in [-0.2, -0.15) is 0 Å². The number of aliphatic hydroxyl groups excluding tert-OH is 1. The van der Waals surface area contributed by atoms with Gasteiger partial charge in [0.2, 0.25) is 0 Å². The molecular formula is C24H29FN2O4. The number of hydrogen-bond acceptors (Lipinski definition) is 4. The van der Waals surface area contributed by atoms with Crippen LogP contribution in [-0.2, 0) is 10.3 Å². The number of β-amino-alcohol motifs (C(OH)–C–C–N with tert-alkyl or cyclic N) is 1. The molecule has 2 aromatic carbocycles. The van der Waals surface area contributed by atoms with Crippen LogP contribution >= 0.6 is 0 Å². The monoisotopic (exact) mass is 428 g/mol. The average molecular weight is 429 g/mol. The lowest BCUT2D eigenvalue weighted by Gasteiger charge is -2.27. The first-order chi connectivity index (χ1) is 14.8. The van der Waals surface area contributed by atoms with Crippen molar-refractivity contribution < 1.29 is 23.8 Å². The van der Waals surface area contributed by atoms with E-state index in [0.717, 1.165) is 22.4 Å². The van der Waals surface area contributed by atoms with Crippen LogP contribution in [0.4, 0.5) is 9.18 Å². The van der Waals surface area contributed by atoms with Gasteiger partial charge in [-0.05, 0) is 49.6 Å². The Hall–Kier alpha value is -2.93. The van der Waals surface area contributed by atoms with Crippen molar-refractivity contribution in [3.63, 3.8) is 0 Å².